The van der Waals surface area contributed by atoms with Crippen LogP contribution in [0.15, 0.2) is 54.6 Å². The molecule has 6 heteroatoms. The average Bonchev–Trinajstić information content (AvgIpc) is 3.08. The number of rotatable bonds is 8. The van der Waals surface area contributed by atoms with E-state index in [2.05, 4.69) is 61.1 Å². The Balaban J connectivity index is 1.83. The second-order valence-electron chi connectivity index (χ2n) is 9.05. The van der Waals surface area contributed by atoms with E-state index in [4.69, 9.17) is 5.11 Å². The minimum Gasteiger partial charge on any atom is -0.395 e. The van der Waals surface area contributed by atoms with E-state index in [1.54, 1.807) is 12.1 Å². The van der Waals surface area contributed by atoms with Crippen LogP contribution in [0.4, 0.5) is 10.1 Å². The molecule has 0 spiro atoms. The summed E-state index contributed by atoms with van der Waals surface area (Å²) in [4.78, 5) is 12.8. The number of carbonyl (C=O) groups is 1. The molecule has 0 saturated heterocycles. The van der Waals surface area contributed by atoms with Crippen LogP contribution in [0.5, 0.6) is 0 Å². The number of halogens is 1. The highest BCUT2D eigenvalue weighted by atomic mass is 19.1. The number of hydrogen-bond donors (Lipinski definition) is 3. The van der Waals surface area contributed by atoms with E-state index in [0.29, 0.717) is 18.7 Å². The molecule has 182 valence electrons. The lowest BCUT2D eigenvalue weighted by atomic mass is 10.0. The summed E-state index contributed by atoms with van der Waals surface area (Å²) in [5.74, 6) is -0.479. The third kappa shape index (κ3) is 5.08. The highest BCUT2D eigenvalue weighted by molar-refractivity contribution is 6.04. The van der Waals surface area contributed by atoms with Gasteiger partial charge in [0.05, 0.1) is 17.8 Å². The van der Waals surface area contributed by atoms with Crippen molar-refractivity contribution >= 4 is 22.5 Å². The first kappa shape index (κ1) is 24.5. The number of hydrogen-bond acceptors (Lipinski definition) is 3. The minimum absolute atomic E-state index is 0.113. The molecule has 0 aliphatic carbocycles. The van der Waals surface area contributed by atoms with Gasteiger partial charge in [-0.1, -0.05) is 30.3 Å². The summed E-state index contributed by atoms with van der Waals surface area (Å²) in [5, 5.41) is 16.5. The van der Waals surface area contributed by atoms with Crippen molar-refractivity contribution < 1.29 is 14.3 Å². The van der Waals surface area contributed by atoms with Crippen LogP contribution in [-0.2, 0) is 13.1 Å². The average molecular weight is 474 g/mol. The van der Waals surface area contributed by atoms with Gasteiger partial charge in [-0.25, -0.2) is 4.39 Å². The van der Waals surface area contributed by atoms with Crippen molar-refractivity contribution in [3.05, 3.63) is 99.5 Å². The number of fused-ring (bicyclic) bond motifs is 1. The van der Waals surface area contributed by atoms with E-state index >= 15 is 0 Å². The molecule has 0 fully saturated rings. The van der Waals surface area contributed by atoms with Gasteiger partial charge in [-0.3, -0.25) is 4.79 Å². The molecule has 4 aromatic rings. The fourth-order valence-corrected chi connectivity index (χ4v) is 4.59. The topological polar surface area (TPSA) is 66.3 Å². The molecular formula is C29H32FN3O2. The fourth-order valence-electron chi connectivity index (χ4n) is 4.59. The van der Waals surface area contributed by atoms with Gasteiger partial charge in [0.2, 0.25) is 0 Å². The number of nitrogens with zero attached hydrogens (tertiary/aromatic N) is 1. The lowest BCUT2D eigenvalue weighted by Crippen LogP contribution is -2.26. The lowest BCUT2D eigenvalue weighted by Gasteiger charge is -2.17. The van der Waals surface area contributed by atoms with Gasteiger partial charge in [0.1, 0.15) is 5.82 Å². The van der Waals surface area contributed by atoms with Gasteiger partial charge >= 0.3 is 0 Å². The summed E-state index contributed by atoms with van der Waals surface area (Å²) in [6.07, 6.45) is 0. The van der Waals surface area contributed by atoms with Gasteiger partial charge in [0.25, 0.3) is 5.91 Å². The quantitative estimate of drug-likeness (QED) is 0.321. The highest BCUT2D eigenvalue weighted by Gasteiger charge is 2.19. The summed E-state index contributed by atoms with van der Waals surface area (Å²) in [5.41, 5.74) is 9.22. The zero-order valence-corrected chi connectivity index (χ0v) is 20.7. The predicted molar refractivity (Wildman–Crippen MR) is 140 cm³/mol. The van der Waals surface area contributed by atoms with E-state index in [1.165, 1.54) is 28.8 Å². The third-order valence-electron chi connectivity index (χ3n) is 6.74. The summed E-state index contributed by atoms with van der Waals surface area (Å²) < 4.78 is 15.7. The molecule has 5 nitrogen and oxygen atoms in total. The Morgan fingerprint density at radius 1 is 1.00 bits per heavy atom. The Labute approximate surface area is 205 Å². The molecule has 35 heavy (non-hydrogen) atoms. The summed E-state index contributed by atoms with van der Waals surface area (Å²) in [7, 11) is 0. The van der Waals surface area contributed by atoms with E-state index in [9.17, 15) is 9.18 Å². The number of aliphatic hydroxyl groups is 1. The van der Waals surface area contributed by atoms with Gasteiger partial charge in [-0.2, -0.15) is 0 Å². The molecule has 0 aliphatic heterocycles. The van der Waals surface area contributed by atoms with Gasteiger partial charge < -0.3 is 20.3 Å². The molecule has 0 unspecified atom stereocenters. The Bertz CT molecular complexity index is 1350. The standard InChI is InChI=1S/C29H32FN3O2/c1-18-6-5-7-19(2)26(18)16-32-27-15-23(29(35)31-12-13-34)14-25-20(3)21(4)33(28(25)27)17-22-8-10-24(30)11-9-22/h5-11,14-15,32,34H,12-13,16-17H2,1-4H3,(H,31,35). The number of aryl methyl sites for hydroxylation is 3. The highest BCUT2D eigenvalue weighted by Crippen LogP contribution is 2.34. The maximum absolute atomic E-state index is 13.5. The number of carbonyl (C=O) groups excluding carboxylic acids is 1. The minimum atomic E-state index is -0.256. The Morgan fingerprint density at radius 2 is 1.69 bits per heavy atom. The van der Waals surface area contributed by atoms with Crippen LogP contribution < -0.4 is 10.6 Å². The van der Waals surface area contributed by atoms with Crippen LogP contribution >= 0.6 is 0 Å². The second-order valence-corrected chi connectivity index (χ2v) is 9.05. The molecule has 3 N–H and O–H groups in total. The van der Waals surface area contributed by atoms with Crippen molar-refractivity contribution in [2.75, 3.05) is 18.5 Å². The Hall–Kier alpha value is -3.64. The van der Waals surface area contributed by atoms with E-state index < -0.39 is 0 Å². The fraction of sp³-hybridized carbons (Fsp3) is 0.276. The summed E-state index contributed by atoms with van der Waals surface area (Å²) >= 11 is 0. The first-order valence-corrected chi connectivity index (χ1v) is 11.9. The smallest absolute Gasteiger partial charge is 0.251 e. The van der Waals surface area contributed by atoms with Crippen molar-refractivity contribution in [2.24, 2.45) is 0 Å². The van der Waals surface area contributed by atoms with Crippen molar-refractivity contribution in [3.8, 4) is 0 Å². The van der Waals surface area contributed by atoms with Crippen LogP contribution in [0.1, 0.15) is 43.9 Å². The van der Waals surface area contributed by atoms with Crippen molar-refractivity contribution in [3.63, 3.8) is 0 Å². The van der Waals surface area contributed by atoms with E-state index in [-0.39, 0.29) is 24.9 Å². The van der Waals surface area contributed by atoms with Gasteiger partial charge in [-0.15, -0.1) is 0 Å². The van der Waals surface area contributed by atoms with Crippen molar-refractivity contribution in [2.45, 2.75) is 40.8 Å². The van der Waals surface area contributed by atoms with E-state index in [0.717, 1.165) is 33.4 Å². The van der Waals surface area contributed by atoms with Crippen LogP contribution in [0.3, 0.4) is 0 Å². The van der Waals surface area contributed by atoms with Gasteiger partial charge in [-0.05, 0) is 79.8 Å². The van der Waals surface area contributed by atoms with Gasteiger partial charge in [0.15, 0.2) is 0 Å². The predicted octanol–water partition coefficient (Wildman–Crippen LogP) is 5.40. The van der Waals surface area contributed by atoms with Crippen molar-refractivity contribution in [1.82, 2.24) is 9.88 Å². The van der Waals surface area contributed by atoms with Crippen LogP contribution in [0, 0.1) is 33.5 Å². The molecule has 4 rings (SSSR count). The molecule has 1 amide bonds. The number of aromatic nitrogens is 1. The van der Waals surface area contributed by atoms with Crippen molar-refractivity contribution in [1.29, 1.82) is 0 Å². The zero-order chi connectivity index (χ0) is 25.1. The summed E-state index contributed by atoms with van der Waals surface area (Å²) in [6.45, 7) is 9.63. The Kier molecular flexibility index (Phi) is 7.22. The normalized spacial score (nSPS) is 11.1. The maximum Gasteiger partial charge on any atom is 0.251 e. The van der Waals surface area contributed by atoms with Gasteiger partial charge in [0, 0.05) is 36.3 Å². The number of anilines is 1. The molecular weight excluding hydrogens is 441 g/mol. The number of amides is 1. The largest absolute Gasteiger partial charge is 0.395 e. The van der Waals surface area contributed by atoms with Crippen LogP contribution in [0.25, 0.3) is 10.9 Å². The van der Waals surface area contributed by atoms with Crippen LogP contribution in [0.2, 0.25) is 0 Å². The molecule has 0 bridgehead atoms. The maximum atomic E-state index is 13.5. The SMILES string of the molecule is Cc1cccc(C)c1CNc1cc(C(=O)NCCO)cc2c(C)c(C)n(Cc3ccc(F)cc3)c12. The Morgan fingerprint density at radius 3 is 2.34 bits per heavy atom. The summed E-state index contributed by atoms with van der Waals surface area (Å²) in [6, 6.07) is 16.6. The molecule has 1 heterocycles. The third-order valence-corrected chi connectivity index (χ3v) is 6.74. The second kappa shape index (κ2) is 10.3. The monoisotopic (exact) mass is 473 g/mol. The molecule has 3 aromatic carbocycles. The van der Waals surface area contributed by atoms with E-state index in [1.807, 2.05) is 12.1 Å². The molecule has 0 saturated carbocycles. The molecule has 1 aromatic heterocycles. The lowest BCUT2D eigenvalue weighted by molar-refractivity contribution is 0.0945. The molecule has 0 atom stereocenters. The molecule has 0 radical (unpaired) electrons. The number of nitrogens with one attached hydrogen (secondary N) is 2. The molecule has 0 aliphatic rings. The first-order chi connectivity index (χ1) is 16.8. The first-order valence-electron chi connectivity index (χ1n) is 11.9. The number of aliphatic hydroxyl groups excluding tert-OH is 1. The number of benzene rings is 3. The zero-order valence-electron chi connectivity index (χ0n) is 20.7. The van der Waals surface area contributed by atoms with Crippen LogP contribution in [-0.4, -0.2) is 28.7 Å².